The number of fused-ring (bicyclic) bond motifs is 1. The van der Waals surface area contributed by atoms with Gasteiger partial charge >= 0.3 is 11.3 Å². The van der Waals surface area contributed by atoms with Crippen LogP contribution >= 0.6 is 0 Å². The first-order valence-electron chi connectivity index (χ1n) is 10.3. The van der Waals surface area contributed by atoms with Crippen LogP contribution in [0.15, 0.2) is 54.1 Å². The van der Waals surface area contributed by atoms with Crippen molar-refractivity contribution < 1.29 is 27.3 Å². The van der Waals surface area contributed by atoms with Gasteiger partial charge < -0.3 is 19.9 Å². The molecule has 0 radical (unpaired) electrons. The number of aryl methyl sites for hydroxylation is 1. The Kier molecular flexibility index (Phi) is 6.95. The number of carbonyl (C=O) groups is 1. The van der Waals surface area contributed by atoms with Crippen LogP contribution in [0.1, 0.15) is 21.5 Å². The minimum atomic E-state index is -4.65. The Balaban J connectivity index is 1.63. The van der Waals surface area contributed by atoms with E-state index in [9.17, 15) is 22.5 Å². The van der Waals surface area contributed by atoms with E-state index in [0.717, 1.165) is 24.8 Å². The van der Waals surface area contributed by atoms with Gasteiger partial charge in [0, 0.05) is 28.1 Å². The molecule has 186 valence electrons. The largest absolute Gasteiger partial charge is 0.609 e. The Morgan fingerprint density at radius 1 is 1.11 bits per heavy atom. The molecule has 2 N–H and O–H groups in total. The van der Waals surface area contributed by atoms with Crippen molar-refractivity contribution in [1.82, 2.24) is 19.9 Å². The van der Waals surface area contributed by atoms with Crippen LogP contribution in [0.2, 0.25) is 0 Å². The average molecular weight is 517 g/mol. The van der Waals surface area contributed by atoms with Crippen molar-refractivity contribution in [2.75, 3.05) is 24.0 Å². The Morgan fingerprint density at radius 2 is 1.89 bits per heavy atom. The maximum atomic E-state index is 13.3. The van der Waals surface area contributed by atoms with Gasteiger partial charge in [0.15, 0.2) is 5.82 Å². The molecule has 0 fully saturated rings. The number of benzene rings is 2. The number of halogens is 3. The van der Waals surface area contributed by atoms with Crippen molar-refractivity contribution in [3.63, 3.8) is 0 Å². The van der Waals surface area contributed by atoms with Crippen LogP contribution in [0, 0.1) is 6.92 Å². The molecule has 0 aliphatic rings. The van der Waals surface area contributed by atoms with E-state index in [2.05, 4.69) is 30.6 Å². The smallest absolute Gasteiger partial charge is 0.420 e. The molecule has 13 heteroatoms. The highest BCUT2D eigenvalue weighted by atomic mass is 32.2. The standard InChI is InChI=1S/C23H19F3N6O3S/c1-12-4-5-13(21(33)30-14-6-7-18(35-2)15(9-14)23(24,25)26)8-16(12)31-20-19-17(28-11-29-20)10-27-22(32-19)36(3)34/h4-11H,1-3H3,(H,30,33)(H,28,29,31). The van der Waals surface area contributed by atoms with Crippen molar-refractivity contribution in [2.24, 2.45) is 0 Å². The van der Waals surface area contributed by atoms with Gasteiger partial charge in [-0.1, -0.05) is 6.07 Å². The molecule has 1 unspecified atom stereocenters. The van der Waals surface area contributed by atoms with Crippen molar-refractivity contribution in [1.29, 1.82) is 0 Å². The van der Waals surface area contributed by atoms with Crippen LogP contribution in [0.3, 0.4) is 0 Å². The molecular formula is C23H19F3N6O3S. The third kappa shape index (κ3) is 5.31. The summed E-state index contributed by atoms with van der Waals surface area (Å²) in [6, 6.07) is 8.03. The van der Waals surface area contributed by atoms with E-state index in [4.69, 9.17) is 4.74 Å². The quantitative estimate of drug-likeness (QED) is 0.284. The lowest BCUT2D eigenvalue weighted by molar-refractivity contribution is -0.138. The summed E-state index contributed by atoms with van der Waals surface area (Å²) < 4.78 is 56.5. The van der Waals surface area contributed by atoms with Crippen LogP contribution in [0.4, 0.5) is 30.4 Å². The molecule has 2 aromatic heterocycles. The molecule has 0 saturated heterocycles. The molecule has 0 aliphatic heterocycles. The number of amides is 1. The number of hydrogen-bond donors (Lipinski definition) is 2. The first-order valence-corrected chi connectivity index (χ1v) is 11.9. The van der Waals surface area contributed by atoms with Gasteiger partial charge in [-0.05, 0) is 42.8 Å². The van der Waals surface area contributed by atoms with Gasteiger partial charge in [-0.25, -0.2) is 9.97 Å². The van der Waals surface area contributed by atoms with E-state index in [-0.39, 0.29) is 22.2 Å². The number of nitrogens with one attached hydrogen (secondary N) is 2. The Labute approximate surface area is 206 Å². The molecule has 4 rings (SSSR count). The second-order valence-electron chi connectivity index (χ2n) is 7.58. The predicted octanol–water partition coefficient (Wildman–Crippen LogP) is 4.49. The Hall–Kier alpha value is -3.97. The predicted molar refractivity (Wildman–Crippen MR) is 128 cm³/mol. The Morgan fingerprint density at radius 3 is 2.58 bits per heavy atom. The normalized spacial score (nSPS) is 12.3. The second kappa shape index (κ2) is 9.95. The zero-order valence-corrected chi connectivity index (χ0v) is 20.0. The van der Waals surface area contributed by atoms with E-state index < -0.39 is 28.8 Å². The molecule has 0 spiro atoms. The molecule has 0 bridgehead atoms. The Bertz CT molecular complexity index is 1450. The van der Waals surface area contributed by atoms with Gasteiger partial charge in [0.2, 0.25) is 0 Å². The molecule has 0 saturated carbocycles. The van der Waals surface area contributed by atoms with Crippen LogP contribution in [-0.2, 0) is 17.4 Å². The summed E-state index contributed by atoms with van der Waals surface area (Å²) >= 11 is -1.42. The van der Waals surface area contributed by atoms with E-state index in [0.29, 0.717) is 22.5 Å². The molecule has 1 atom stereocenters. The number of anilines is 3. The van der Waals surface area contributed by atoms with Crippen molar-refractivity contribution in [3.8, 4) is 5.75 Å². The molecule has 2 aromatic carbocycles. The summed E-state index contributed by atoms with van der Waals surface area (Å²) in [5.41, 5.74) is 1.18. The third-order valence-corrected chi connectivity index (χ3v) is 5.84. The maximum absolute atomic E-state index is 13.3. The first-order chi connectivity index (χ1) is 17.1. The zero-order chi connectivity index (χ0) is 26.0. The maximum Gasteiger partial charge on any atom is 0.420 e. The van der Waals surface area contributed by atoms with Gasteiger partial charge in [-0.3, -0.25) is 4.79 Å². The van der Waals surface area contributed by atoms with Gasteiger partial charge in [0.1, 0.15) is 29.4 Å². The van der Waals surface area contributed by atoms with Crippen LogP contribution in [-0.4, -0.2) is 43.8 Å². The number of ether oxygens (including phenoxy) is 1. The highest BCUT2D eigenvalue weighted by Gasteiger charge is 2.34. The van der Waals surface area contributed by atoms with Crippen LogP contribution in [0.25, 0.3) is 11.0 Å². The van der Waals surface area contributed by atoms with E-state index in [1.165, 1.54) is 30.9 Å². The zero-order valence-electron chi connectivity index (χ0n) is 19.2. The fourth-order valence-electron chi connectivity index (χ4n) is 3.30. The highest BCUT2D eigenvalue weighted by Crippen LogP contribution is 2.38. The topological polar surface area (TPSA) is 125 Å². The minimum Gasteiger partial charge on any atom is -0.609 e. The summed E-state index contributed by atoms with van der Waals surface area (Å²) in [7, 11) is 1.14. The lowest BCUT2D eigenvalue weighted by atomic mass is 10.1. The summed E-state index contributed by atoms with van der Waals surface area (Å²) in [6.45, 7) is 1.80. The van der Waals surface area contributed by atoms with Crippen LogP contribution in [0.5, 0.6) is 5.75 Å². The van der Waals surface area contributed by atoms with Crippen molar-refractivity contribution in [2.45, 2.75) is 18.3 Å². The van der Waals surface area contributed by atoms with Crippen LogP contribution < -0.4 is 15.4 Å². The molecule has 0 aliphatic carbocycles. The minimum absolute atomic E-state index is 0.0400. The molecular weight excluding hydrogens is 497 g/mol. The number of rotatable bonds is 6. The number of aromatic nitrogens is 4. The summed E-state index contributed by atoms with van der Waals surface area (Å²) in [5, 5.41) is 5.69. The molecule has 4 aromatic rings. The fourth-order valence-corrected chi connectivity index (χ4v) is 3.72. The lowest BCUT2D eigenvalue weighted by Crippen LogP contribution is -2.14. The monoisotopic (exact) mass is 516 g/mol. The number of nitrogens with zero attached hydrogens (tertiary/aromatic N) is 4. The third-order valence-electron chi connectivity index (χ3n) is 5.13. The number of alkyl halides is 3. The van der Waals surface area contributed by atoms with E-state index in [1.54, 1.807) is 19.1 Å². The fraction of sp³-hybridized carbons (Fsp3) is 0.174. The van der Waals surface area contributed by atoms with E-state index in [1.807, 2.05) is 0 Å². The second-order valence-corrected chi connectivity index (χ2v) is 8.86. The molecule has 2 heterocycles. The van der Waals surface area contributed by atoms with Crippen molar-refractivity contribution >= 4 is 45.3 Å². The number of hydrogen-bond acceptors (Lipinski definition) is 8. The molecule has 9 nitrogen and oxygen atoms in total. The highest BCUT2D eigenvalue weighted by molar-refractivity contribution is 7.90. The molecule has 1 amide bonds. The van der Waals surface area contributed by atoms with Gasteiger partial charge in [-0.2, -0.15) is 23.1 Å². The molecule has 36 heavy (non-hydrogen) atoms. The first kappa shape index (κ1) is 25.1. The van der Waals surface area contributed by atoms with E-state index >= 15 is 0 Å². The summed E-state index contributed by atoms with van der Waals surface area (Å²) in [6.07, 6.45) is -0.455. The SMILES string of the molecule is COc1ccc(NC(=O)c2ccc(C)c(Nc3ncnc4cnc([S+](C)[O-])nc34)c2)cc1C(F)(F)F. The van der Waals surface area contributed by atoms with Gasteiger partial charge in [0.05, 0.1) is 18.9 Å². The van der Waals surface area contributed by atoms with Gasteiger partial charge in [0.25, 0.3) is 5.91 Å². The lowest BCUT2D eigenvalue weighted by Gasteiger charge is -2.15. The summed E-state index contributed by atoms with van der Waals surface area (Å²) in [5.74, 6) is -0.659. The average Bonchev–Trinajstić information content (AvgIpc) is 2.84. The number of methoxy groups -OCH3 is 1. The van der Waals surface area contributed by atoms with Gasteiger partial charge in [-0.15, -0.1) is 0 Å². The number of carbonyl (C=O) groups excluding carboxylic acids is 1. The summed E-state index contributed by atoms with van der Waals surface area (Å²) in [4.78, 5) is 29.5. The van der Waals surface area contributed by atoms with Crippen molar-refractivity contribution in [3.05, 3.63) is 65.6 Å².